The van der Waals surface area contributed by atoms with Gasteiger partial charge in [-0.2, -0.15) is 0 Å². The summed E-state index contributed by atoms with van der Waals surface area (Å²) >= 11 is 0. The molecule has 1 aliphatic carbocycles. The summed E-state index contributed by atoms with van der Waals surface area (Å²) in [4.78, 5) is 14.3. The van der Waals surface area contributed by atoms with E-state index in [4.69, 9.17) is 15.0 Å². The Hall–Kier alpha value is -2.81. The lowest BCUT2D eigenvalue weighted by Gasteiger charge is -2.13. The van der Waals surface area contributed by atoms with Crippen LogP contribution in [0.4, 0.5) is 0 Å². The van der Waals surface area contributed by atoms with Crippen molar-refractivity contribution in [3.05, 3.63) is 71.9 Å². The summed E-state index contributed by atoms with van der Waals surface area (Å²) in [6.07, 6.45) is 12.8. The number of nitrogens with zero attached hydrogens (tertiary/aromatic N) is 3. The third-order valence-corrected chi connectivity index (χ3v) is 4.70. The molecule has 0 atom stereocenters. The van der Waals surface area contributed by atoms with Crippen LogP contribution in [0.25, 0.3) is 28.1 Å². The van der Waals surface area contributed by atoms with Crippen LogP contribution in [0.2, 0.25) is 0 Å². The SMILES string of the molecule is C/C=C(\C)c1nc(C2=CCCC=C2)nc(-c2ccccc2/C(C)=C/C)n1. The molecule has 0 amide bonds. The average molecular weight is 343 g/mol. The van der Waals surface area contributed by atoms with Gasteiger partial charge in [0.1, 0.15) is 0 Å². The zero-order chi connectivity index (χ0) is 18.5. The molecule has 1 aromatic carbocycles. The minimum atomic E-state index is 0.725. The molecule has 0 saturated heterocycles. The third-order valence-electron chi connectivity index (χ3n) is 4.70. The van der Waals surface area contributed by atoms with Crippen molar-refractivity contribution in [1.29, 1.82) is 0 Å². The van der Waals surface area contributed by atoms with Gasteiger partial charge in [0.15, 0.2) is 17.5 Å². The standard InChI is InChI=1S/C23H25N3/c1-5-16(3)19-14-10-11-15-20(19)23-25-21(17(4)6-2)24-22(26-23)18-12-8-7-9-13-18/h5-6,8,10-15H,7,9H2,1-4H3/b16-5+,17-6+. The summed E-state index contributed by atoms with van der Waals surface area (Å²) in [7, 11) is 0. The van der Waals surface area contributed by atoms with Gasteiger partial charge in [0.2, 0.25) is 0 Å². The van der Waals surface area contributed by atoms with E-state index in [0.717, 1.165) is 52.6 Å². The molecule has 0 radical (unpaired) electrons. The topological polar surface area (TPSA) is 38.7 Å². The quantitative estimate of drug-likeness (QED) is 0.671. The van der Waals surface area contributed by atoms with Crippen LogP contribution in [-0.2, 0) is 0 Å². The smallest absolute Gasteiger partial charge is 0.164 e. The first-order chi connectivity index (χ1) is 12.6. The van der Waals surface area contributed by atoms with Gasteiger partial charge in [-0.25, -0.2) is 15.0 Å². The molecule has 1 aliphatic rings. The van der Waals surface area contributed by atoms with E-state index in [0.29, 0.717) is 0 Å². The minimum absolute atomic E-state index is 0.725. The van der Waals surface area contributed by atoms with Gasteiger partial charge in [0.05, 0.1) is 0 Å². The van der Waals surface area contributed by atoms with Crippen molar-refractivity contribution >= 4 is 16.7 Å². The summed E-state index contributed by atoms with van der Waals surface area (Å²) in [5.41, 5.74) is 5.53. The molecule has 0 bridgehead atoms. The van der Waals surface area contributed by atoms with E-state index < -0.39 is 0 Å². The Morgan fingerprint density at radius 1 is 0.885 bits per heavy atom. The number of allylic oxidation sites excluding steroid dienone is 8. The molecule has 3 nitrogen and oxygen atoms in total. The lowest BCUT2D eigenvalue weighted by Crippen LogP contribution is -2.05. The number of benzene rings is 1. The fraction of sp³-hybridized carbons (Fsp3) is 0.261. The van der Waals surface area contributed by atoms with E-state index in [9.17, 15) is 0 Å². The molecular weight excluding hydrogens is 318 g/mol. The predicted octanol–water partition coefficient (Wildman–Crippen LogP) is 6.12. The molecule has 0 saturated carbocycles. The predicted molar refractivity (Wildman–Crippen MR) is 110 cm³/mol. The number of rotatable bonds is 4. The molecule has 0 fully saturated rings. The Morgan fingerprint density at radius 3 is 2.31 bits per heavy atom. The maximum absolute atomic E-state index is 4.83. The van der Waals surface area contributed by atoms with Crippen molar-refractivity contribution in [1.82, 2.24) is 15.0 Å². The molecule has 132 valence electrons. The van der Waals surface area contributed by atoms with Gasteiger partial charge >= 0.3 is 0 Å². The third kappa shape index (κ3) is 3.72. The summed E-state index contributed by atoms with van der Waals surface area (Å²) in [5.74, 6) is 2.21. The maximum Gasteiger partial charge on any atom is 0.164 e. The van der Waals surface area contributed by atoms with Gasteiger partial charge < -0.3 is 0 Å². The number of aromatic nitrogens is 3. The highest BCUT2D eigenvalue weighted by molar-refractivity contribution is 5.79. The molecule has 1 heterocycles. The first-order valence-corrected chi connectivity index (χ1v) is 9.13. The highest BCUT2D eigenvalue weighted by atomic mass is 15.0. The fourth-order valence-electron chi connectivity index (χ4n) is 2.89. The molecule has 3 heteroatoms. The van der Waals surface area contributed by atoms with Gasteiger partial charge in [0, 0.05) is 11.1 Å². The molecule has 1 aromatic heterocycles. The lowest BCUT2D eigenvalue weighted by molar-refractivity contribution is 0.981. The average Bonchev–Trinajstić information content (AvgIpc) is 2.72. The van der Waals surface area contributed by atoms with Crippen molar-refractivity contribution in [2.75, 3.05) is 0 Å². The second-order valence-corrected chi connectivity index (χ2v) is 6.43. The Bertz CT molecular complexity index is 930. The monoisotopic (exact) mass is 343 g/mol. The van der Waals surface area contributed by atoms with Crippen LogP contribution in [0.5, 0.6) is 0 Å². The second kappa shape index (κ2) is 8.05. The normalized spacial score (nSPS) is 15.2. The first-order valence-electron chi connectivity index (χ1n) is 9.13. The molecule has 2 aromatic rings. The van der Waals surface area contributed by atoms with Gasteiger partial charge in [-0.1, -0.05) is 54.6 Å². The van der Waals surface area contributed by atoms with E-state index in [1.54, 1.807) is 0 Å². The summed E-state index contributed by atoms with van der Waals surface area (Å²) in [5, 5.41) is 0. The van der Waals surface area contributed by atoms with Crippen molar-refractivity contribution in [2.45, 2.75) is 40.5 Å². The number of hydrogen-bond acceptors (Lipinski definition) is 3. The Kier molecular flexibility index (Phi) is 5.57. The maximum atomic E-state index is 4.83. The van der Waals surface area contributed by atoms with Crippen molar-refractivity contribution in [3.8, 4) is 11.4 Å². The second-order valence-electron chi connectivity index (χ2n) is 6.43. The summed E-state index contributed by atoms with van der Waals surface area (Å²) < 4.78 is 0. The molecular formula is C23H25N3. The molecule has 0 aliphatic heterocycles. The molecule has 0 N–H and O–H groups in total. The summed E-state index contributed by atoms with van der Waals surface area (Å²) in [6.45, 7) is 8.22. The van der Waals surface area contributed by atoms with Gasteiger partial charge in [-0.05, 0) is 57.2 Å². The molecule has 0 unspecified atom stereocenters. The molecule has 26 heavy (non-hydrogen) atoms. The lowest BCUT2D eigenvalue weighted by atomic mass is 10.00. The van der Waals surface area contributed by atoms with E-state index in [2.05, 4.69) is 56.4 Å². The minimum Gasteiger partial charge on any atom is -0.209 e. The zero-order valence-corrected chi connectivity index (χ0v) is 16.0. The Morgan fingerprint density at radius 2 is 1.62 bits per heavy atom. The van der Waals surface area contributed by atoms with Crippen LogP contribution < -0.4 is 0 Å². The van der Waals surface area contributed by atoms with Crippen molar-refractivity contribution < 1.29 is 0 Å². The van der Waals surface area contributed by atoms with E-state index in [1.165, 1.54) is 5.57 Å². The molecule has 0 spiro atoms. The highest BCUT2D eigenvalue weighted by Crippen LogP contribution is 2.28. The summed E-state index contributed by atoms with van der Waals surface area (Å²) in [6, 6.07) is 8.29. The van der Waals surface area contributed by atoms with Crippen LogP contribution in [0.15, 0.2) is 54.6 Å². The van der Waals surface area contributed by atoms with Crippen LogP contribution in [-0.4, -0.2) is 15.0 Å². The van der Waals surface area contributed by atoms with Crippen LogP contribution >= 0.6 is 0 Å². The van der Waals surface area contributed by atoms with Crippen molar-refractivity contribution in [2.24, 2.45) is 0 Å². The molecule has 3 rings (SSSR count). The van der Waals surface area contributed by atoms with Gasteiger partial charge in [-0.15, -0.1) is 0 Å². The van der Waals surface area contributed by atoms with E-state index in [-0.39, 0.29) is 0 Å². The van der Waals surface area contributed by atoms with E-state index in [1.807, 2.05) is 26.0 Å². The Balaban J connectivity index is 2.22. The zero-order valence-electron chi connectivity index (χ0n) is 16.0. The number of hydrogen-bond donors (Lipinski definition) is 0. The van der Waals surface area contributed by atoms with Crippen LogP contribution in [0.3, 0.4) is 0 Å². The first kappa shape index (κ1) is 18.0. The largest absolute Gasteiger partial charge is 0.209 e. The Labute approximate surface area is 155 Å². The van der Waals surface area contributed by atoms with Crippen LogP contribution in [0.1, 0.15) is 57.7 Å². The fourth-order valence-corrected chi connectivity index (χ4v) is 2.89. The van der Waals surface area contributed by atoms with Crippen LogP contribution in [0, 0.1) is 0 Å². The van der Waals surface area contributed by atoms with Crippen molar-refractivity contribution in [3.63, 3.8) is 0 Å². The van der Waals surface area contributed by atoms with E-state index >= 15 is 0 Å². The highest BCUT2D eigenvalue weighted by Gasteiger charge is 2.15. The van der Waals surface area contributed by atoms with Gasteiger partial charge in [0.25, 0.3) is 0 Å². The van der Waals surface area contributed by atoms with Gasteiger partial charge in [-0.3, -0.25) is 0 Å².